The van der Waals surface area contributed by atoms with Crippen LogP contribution in [0.2, 0.25) is 0 Å². The van der Waals surface area contributed by atoms with E-state index in [-0.39, 0.29) is 5.56 Å². The largest absolute Gasteiger partial charge is 0.310 e. The molecule has 0 unspecified atom stereocenters. The van der Waals surface area contributed by atoms with E-state index in [1.807, 2.05) is 6.07 Å². The molecule has 0 aliphatic heterocycles. The smallest absolute Gasteiger partial charge is 0.140 e. The number of nitrogens with one attached hydrogen (secondary N) is 1. The zero-order chi connectivity index (χ0) is 12.0. The number of benzene rings is 1. The summed E-state index contributed by atoms with van der Waals surface area (Å²) in [5.74, 6) is -0.450. The van der Waals surface area contributed by atoms with Gasteiger partial charge in [-0.3, -0.25) is 0 Å². The van der Waals surface area contributed by atoms with Gasteiger partial charge in [-0.25, -0.2) is 4.39 Å². The van der Waals surface area contributed by atoms with Gasteiger partial charge in [0.2, 0.25) is 0 Å². The van der Waals surface area contributed by atoms with Gasteiger partial charge in [-0.15, -0.1) is 0 Å². The zero-order valence-corrected chi connectivity index (χ0v) is 9.76. The molecule has 0 radical (unpaired) electrons. The van der Waals surface area contributed by atoms with E-state index in [0.717, 1.165) is 18.4 Å². The van der Waals surface area contributed by atoms with Gasteiger partial charge in [-0.2, -0.15) is 5.26 Å². The van der Waals surface area contributed by atoms with Crippen LogP contribution in [0.25, 0.3) is 0 Å². The third-order valence-electron chi connectivity index (χ3n) is 2.73. The van der Waals surface area contributed by atoms with Crippen LogP contribution < -0.4 is 5.32 Å². The lowest BCUT2D eigenvalue weighted by Gasteiger charge is -2.14. The van der Waals surface area contributed by atoms with Crippen molar-refractivity contribution < 1.29 is 4.39 Å². The first-order chi connectivity index (χ1) is 7.71. The summed E-state index contributed by atoms with van der Waals surface area (Å²) in [5, 5.41) is 12.1. The highest BCUT2D eigenvalue weighted by Gasteiger charge is 2.05. The third kappa shape index (κ3) is 3.32. The number of nitriles is 1. The lowest BCUT2D eigenvalue weighted by molar-refractivity contribution is 0.484. The van der Waals surface area contributed by atoms with Gasteiger partial charge in [-0.05, 0) is 30.5 Å². The Hall–Kier alpha value is -1.40. The average molecular weight is 220 g/mol. The van der Waals surface area contributed by atoms with Gasteiger partial charge < -0.3 is 5.32 Å². The monoisotopic (exact) mass is 220 g/mol. The van der Waals surface area contributed by atoms with Crippen LogP contribution in [0.1, 0.15) is 37.8 Å². The second kappa shape index (κ2) is 6.24. The van der Waals surface area contributed by atoms with Crippen molar-refractivity contribution in [2.24, 2.45) is 0 Å². The summed E-state index contributed by atoms with van der Waals surface area (Å²) in [6.07, 6.45) is 2.14. The molecule has 2 nitrogen and oxygen atoms in total. The second-order valence-electron chi connectivity index (χ2n) is 3.82. The summed E-state index contributed by atoms with van der Waals surface area (Å²) in [5.41, 5.74) is 1.06. The maximum Gasteiger partial charge on any atom is 0.140 e. The Morgan fingerprint density at radius 2 is 2.06 bits per heavy atom. The van der Waals surface area contributed by atoms with E-state index < -0.39 is 5.82 Å². The summed E-state index contributed by atoms with van der Waals surface area (Å²) < 4.78 is 13.1. The van der Waals surface area contributed by atoms with Crippen LogP contribution in [0.5, 0.6) is 0 Å². The predicted molar refractivity (Wildman–Crippen MR) is 62.3 cm³/mol. The van der Waals surface area contributed by atoms with Crippen molar-refractivity contribution in [1.82, 2.24) is 5.32 Å². The molecule has 1 rings (SSSR count). The molecule has 0 aliphatic rings. The van der Waals surface area contributed by atoms with E-state index in [1.165, 1.54) is 6.07 Å². The van der Waals surface area contributed by atoms with E-state index in [2.05, 4.69) is 19.2 Å². The molecule has 1 aromatic rings. The van der Waals surface area contributed by atoms with Crippen LogP contribution in [0, 0.1) is 17.1 Å². The van der Waals surface area contributed by atoms with Gasteiger partial charge in [0.05, 0.1) is 5.56 Å². The standard InChI is InChI=1S/C13H17FN2/c1-3-12(4-2)16-9-10-5-6-13(14)11(7-10)8-15/h5-7,12,16H,3-4,9H2,1-2H3. The van der Waals surface area contributed by atoms with Gasteiger partial charge in [-0.1, -0.05) is 19.9 Å². The van der Waals surface area contributed by atoms with E-state index in [9.17, 15) is 4.39 Å². The minimum absolute atomic E-state index is 0.115. The lowest BCUT2D eigenvalue weighted by atomic mass is 10.1. The number of halogens is 1. The highest BCUT2D eigenvalue weighted by atomic mass is 19.1. The molecule has 0 bridgehead atoms. The number of hydrogen-bond donors (Lipinski definition) is 1. The summed E-state index contributed by atoms with van der Waals surface area (Å²) in [4.78, 5) is 0. The molecule has 0 atom stereocenters. The lowest BCUT2D eigenvalue weighted by Crippen LogP contribution is -2.27. The Morgan fingerprint density at radius 1 is 1.38 bits per heavy atom. The van der Waals surface area contributed by atoms with Crippen LogP contribution in [0.15, 0.2) is 18.2 Å². The molecule has 0 aliphatic carbocycles. The maximum atomic E-state index is 13.1. The van der Waals surface area contributed by atoms with E-state index in [4.69, 9.17) is 5.26 Å². The molecule has 0 saturated heterocycles. The van der Waals surface area contributed by atoms with Crippen molar-refractivity contribution in [2.45, 2.75) is 39.3 Å². The average Bonchev–Trinajstić information content (AvgIpc) is 2.32. The fourth-order valence-electron chi connectivity index (χ4n) is 1.61. The Morgan fingerprint density at radius 3 is 2.62 bits per heavy atom. The van der Waals surface area contributed by atoms with Gasteiger partial charge >= 0.3 is 0 Å². The minimum Gasteiger partial charge on any atom is -0.310 e. The topological polar surface area (TPSA) is 35.8 Å². The third-order valence-corrected chi connectivity index (χ3v) is 2.73. The Bertz CT molecular complexity index is 378. The molecule has 3 heteroatoms. The number of hydrogen-bond acceptors (Lipinski definition) is 2. The first-order valence-corrected chi connectivity index (χ1v) is 5.63. The molecule has 0 aromatic heterocycles. The quantitative estimate of drug-likeness (QED) is 0.828. The van der Waals surface area contributed by atoms with Gasteiger partial charge in [0.1, 0.15) is 11.9 Å². The first-order valence-electron chi connectivity index (χ1n) is 5.63. The molecule has 1 aromatic carbocycles. The minimum atomic E-state index is -0.450. The van der Waals surface area contributed by atoms with Crippen LogP contribution in [0.3, 0.4) is 0 Å². The fourth-order valence-corrected chi connectivity index (χ4v) is 1.61. The highest BCUT2D eigenvalue weighted by Crippen LogP contribution is 2.10. The first kappa shape index (κ1) is 12.7. The number of nitrogens with zero attached hydrogens (tertiary/aromatic N) is 1. The van der Waals surface area contributed by atoms with Crippen molar-refractivity contribution in [1.29, 1.82) is 5.26 Å². The van der Waals surface area contributed by atoms with Gasteiger partial charge in [0.25, 0.3) is 0 Å². The zero-order valence-electron chi connectivity index (χ0n) is 9.76. The van der Waals surface area contributed by atoms with Crippen LogP contribution in [0.4, 0.5) is 4.39 Å². The molecular weight excluding hydrogens is 203 g/mol. The molecule has 86 valence electrons. The molecule has 1 N–H and O–H groups in total. The summed E-state index contributed by atoms with van der Waals surface area (Å²) in [7, 11) is 0. The molecule has 0 saturated carbocycles. The van der Waals surface area contributed by atoms with Gasteiger partial charge in [0.15, 0.2) is 0 Å². The van der Waals surface area contributed by atoms with Crippen molar-refractivity contribution in [3.8, 4) is 6.07 Å². The molecule has 0 amide bonds. The Balaban J connectivity index is 2.65. The molecule has 0 spiro atoms. The molecule has 0 heterocycles. The fraction of sp³-hybridized carbons (Fsp3) is 0.462. The van der Waals surface area contributed by atoms with Gasteiger partial charge in [0, 0.05) is 12.6 Å². The van der Waals surface area contributed by atoms with E-state index >= 15 is 0 Å². The molecule has 0 fully saturated rings. The van der Waals surface area contributed by atoms with Crippen molar-refractivity contribution >= 4 is 0 Å². The SMILES string of the molecule is CCC(CC)NCc1ccc(F)c(C#N)c1. The highest BCUT2D eigenvalue weighted by molar-refractivity contribution is 5.34. The second-order valence-corrected chi connectivity index (χ2v) is 3.82. The van der Waals surface area contributed by atoms with E-state index in [1.54, 1.807) is 12.1 Å². The van der Waals surface area contributed by atoms with Crippen LogP contribution in [-0.4, -0.2) is 6.04 Å². The Kier molecular flexibility index (Phi) is 4.94. The summed E-state index contributed by atoms with van der Waals surface area (Å²) >= 11 is 0. The van der Waals surface area contributed by atoms with Crippen LogP contribution >= 0.6 is 0 Å². The summed E-state index contributed by atoms with van der Waals surface area (Å²) in [6.45, 7) is 4.94. The Labute approximate surface area is 96.1 Å². The maximum absolute atomic E-state index is 13.1. The van der Waals surface area contributed by atoms with E-state index in [0.29, 0.717) is 12.6 Å². The van der Waals surface area contributed by atoms with Crippen molar-refractivity contribution in [3.63, 3.8) is 0 Å². The molecular formula is C13H17FN2. The summed E-state index contributed by atoms with van der Waals surface area (Å²) in [6, 6.07) is 7.00. The normalized spacial score (nSPS) is 10.4. The van der Waals surface area contributed by atoms with Crippen LogP contribution in [-0.2, 0) is 6.54 Å². The van der Waals surface area contributed by atoms with Crippen molar-refractivity contribution in [2.75, 3.05) is 0 Å². The predicted octanol–water partition coefficient (Wildman–Crippen LogP) is 2.98. The molecule has 16 heavy (non-hydrogen) atoms. The van der Waals surface area contributed by atoms with Crippen molar-refractivity contribution in [3.05, 3.63) is 35.1 Å². The number of rotatable bonds is 5.